The first-order valence-corrected chi connectivity index (χ1v) is 10.5. The number of carbonyl (C=O) groups excluding carboxylic acids is 3. The smallest absolute Gasteiger partial charge is 0.258 e. The topological polar surface area (TPSA) is 87.7 Å². The molecule has 1 heterocycles. The summed E-state index contributed by atoms with van der Waals surface area (Å²) in [5.74, 6) is 0.158. The lowest BCUT2D eigenvalue weighted by molar-refractivity contribution is -0.131. The van der Waals surface area contributed by atoms with Gasteiger partial charge in [0.2, 0.25) is 5.91 Å². The fourth-order valence-electron chi connectivity index (χ4n) is 3.61. The molecular formula is C24H29N3O4. The van der Waals surface area contributed by atoms with Crippen LogP contribution >= 0.6 is 0 Å². The molecule has 0 aliphatic carbocycles. The van der Waals surface area contributed by atoms with Crippen molar-refractivity contribution < 1.29 is 19.1 Å². The highest BCUT2D eigenvalue weighted by Crippen LogP contribution is 2.18. The number of likely N-dealkylation sites (tertiary alicyclic amines) is 1. The van der Waals surface area contributed by atoms with Crippen LogP contribution in [-0.4, -0.2) is 54.9 Å². The molecule has 0 radical (unpaired) electrons. The first kappa shape index (κ1) is 22.3. The summed E-state index contributed by atoms with van der Waals surface area (Å²) < 4.78 is 5.63. The van der Waals surface area contributed by atoms with E-state index in [4.69, 9.17) is 4.74 Å². The fraction of sp³-hybridized carbons (Fsp3) is 0.375. The molecule has 164 valence electrons. The molecule has 7 nitrogen and oxygen atoms in total. The van der Waals surface area contributed by atoms with Crippen LogP contribution in [-0.2, 0) is 9.59 Å². The number of rotatable bonds is 7. The van der Waals surface area contributed by atoms with Gasteiger partial charge >= 0.3 is 0 Å². The molecule has 0 unspecified atom stereocenters. The number of hydrogen-bond acceptors (Lipinski definition) is 4. The van der Waals surface area contributed by atoms with Gasteiger partial charge in [-0.1, -0.05) is 35.9 Å². The van der Waals surface area contributed by atoms with Crippen molar-refractivity contribution in [3.05, 3.63) is 65.2 Å². The maximum Gasteiger partial charge on any atom is 0.258 e. The van der Waals surface area contributed by atoms with Crippen LogP contribution in [0.4, 0.5) is 0 Å². The lowest BCUT2D eigenvalue weighted by Gasteiger charge is -2.32. The third kappa shape index (κ3) is 6.57. The van der Waals surface area contributed by atoms with Crippen molar-refractivity contribution in [1.82, 2.24) is 15.5 Å². The minimum Gasteiger partial charge on any atom is -0.484 e. The zero-order chi connectivity index (χ0) is 22.2. The fourth-order valence-corrected chi connectivity index (χ4v) is 3.61. The van der Waals surface area contributed by atoms with Crippen LogP contribution in [0.2, 0.25) is 0 Å². The van der Waals surface area contributed by atoms with Gasteiger partial charge in [-0.3, -0.25) is 14.4 Å². The first-order chi connectivity index (χ1) is 14.9. The molecular weight excluding hydrogens is 394 g/mol. The third-order valence-corrected chi connectivity index (χ3v) is 5.34. The Hall–Kier alpha value is -3.35. The molecule has 1 aliphatic heterocycles. The average molecular weight is 424 g/mol. The van der Waals surface area contributed by atoms with Gasteiger partial charge in [-0.05, 0) is 50.5 Å². The number of hydrogen-bond donors (Lipinski definition) is 2. The Morgan fingerprint density at radius 2 is 1.74 bits per heavy atom. The van der Waals surface area contributed by atoms with Crippen molar-refractivity contribution >= 4 is 17.7 Å². The number of nitrogens with one attached hydrogen (secondary N) is 2. The van der Waals surface area contributed by atoms with Crippen LogP contribution in [0.1, 0.15) is 34.3 Å². The Morgan fingerprint density at radius 3 is 2.42 bits per heavy atom. The van der Waals surface area contributed by atoms with Gasteiger partial charge in [0.15, 0.2) is 6.61 Å². The highest BCUT2D eigenvalue weighted by molar-refractivity contribution is 5.96. The van der Waals surface area contributed by atoms with E-state index in [1.54, 1.807) is 29.2 Å². The molecule has 0 spiro atoms. The molecule has 1 fully saturated rings. The van der Waals surface area contributed by atoms with Gasteiger partial charge in [0, 0.05) is 24.7 Å². The number of piperidine rings is 1. The molecule has 0 aromatic heterocycles. The van der Waals surface area contributed by atoms with Crippen LogP contribution in [0.25, 0.3) is 0 Å². The summed E-state index contributed by atoms with van der Waals surface area (Å²) in [6, 6.07) is 14.7. The summed E-state index contributed by atoms with van der Waals surface area (Å²) in [7, 11) is 0. The number of benzene rings is 2. The minimum atomic E-state index is -0.264. The second-order valence-corrected chi connectivity index (χ2v) is 7.83. The van der Waals surface area contributed by atoms with Gasteiger partial charge in [-0.15, -0.1) is 0 Å². The Balaban J connectivity index is 1.36. The van der Waals surface area contributed by atoms with Crippen LogP contribution in [0.5, 0.6) is 5.75 Å². The van der Waals surface area contributed by atoms with E-state index in [9.17, 15) is 14.4 Å². The van der Waals surface area contributed by atoms with Gasteiger partial charge in [0.1, 0.15) is 5.75 Å². The number of aryl methyl sites for hydroxylation is 2. The SMILES string of the molecule is Cc1ccc(OCC(=O)NC2CCN(C(=O)CNC(=O)c3ccccc3)CC2)c(C)c1. The molecule has 0 bridgehead atoms. The summed E-state index contributed by atoms with van der Waals surface area (Å²) in [5.41, 5.74) is 2.67. The zero-order valence-corrected chi connectivity index (χ0v) is 18.0. The zero-order valence-electron chi connectivity index (χ0n) is 18.0. The van der Waals surface area contributed by atoms with E-state index in [1.165, 1.54) is 0 Å². The molecule has 3 rings (SSSR count). The normalized spacial score (nSPS) is 14.1. The van der Waals surface area contributed by atoms with Crippen LogP contribution in [0, 0.1) is 13.8 Å². The van der Waals surface area contributed by atoms with Crippen LogP contribution < -0.4 is 15.4 Å². The van der Waals surface area contributed by atoms with Gasteiger partial charge in [0.05, 0.1) is 6.54 Å². The summed E-state index contributed by atoms with van der Waals surface area (Å²) in [6.45, 7) is 4.99. The van der Waals surface area contributed by atoms with Crippen molar-refractivity contribution in [1.29, 1.82) is 0 Å². The molecule has 1 saturated heterocycles. The van der Waals surface area contributed by atoms with Crippen LogP contribution in [0.3, 0.4) is 0 Å². The van der Waals surface area contributed by atoms with Crippen LogP contribution in [0.15, 0.2) is 48.5 Å². The molecule has 2 aromatic carbocycles. The summed E-state index contributed by atoms with van der Waals surface area (Å²) in [4.78, 5) is 38.4. The standard InChI is InChI=1S/C24H29N3O4/c1-17-8-9-21(18(2)14-17)31-16-22(28)26-20-10-12-27(13-11-20)23(29)15-25-24(30)19-6-4-3-5-7-19/h3-9,14,20H,10-13,15-16H2,1-2H3,(H,25,30)(H,26,28). The second-order valence-electron chi connectivity index (χ2n) is 7.83. The lowest BCUT2D eigenvalue weighted by Crippen LogP contribution is -2.49. The highest BCUT2D eigenvalue weighted by Gasteiger charge is 2.24. The highest BCUT2D eigenvalue weighted by atomic mass is 16.5. The van der Waals surface area contributed by atoms with E-state index in [0.29, 0.717) is 37.2 Å². The van der Waals surface area contributed by atoms with Crippen molar-refractivity contribution in [2.45, 2.75) is 32.7 Å². The summed E-state index contributed by atoms with van der Waals surface area (Å²) in [6.07, 6.45) is 1.35. The quantitative estimate of drug-likeness (QED) is 0.715. The first-order valence-electron chi connectivity index (χ1n) is 10.5. The van der Waals surface area contributed by atoms with Crippen molar-refractivity contribution in [3.8, 4) is 5.75 Å². The molecule has 7 heteroatoms. The van der Waals surface area contributed by atoms with E-state index in [1.807, 2.05) is 38.1 Å². The number of nitrogens with zero attached hydrogens (tertiary/aromatic N) is 1. The molecule has 0 saturated carbocycles. The summed E-state index contributed by atoms with van der Waals surface area (Å²) in [5, 5.41) is 5.64. The molecule has 0 atom stereocenters. The largest absolute Gasteiger partial charge is 0.484 e. The number of ether oxygens (including phenoxy) is 1. The summed E-state index contributed by atoms with van der Waals surface area (Å²) >= 11 is 0. The number of amides is 3. The predicted molar refractivity (Wildman–Crippen MR) is 118 cm³/mol. The molecule has 1 aliphatic rings. The van der Waals surface area contributed by atoms with E-state index >= 15 is 0 Å². The van der Waals surface area contributed by atoms with E-state index in [2.05, 4.69) is 10.6 Å². The molecule has 31 heavy (non-hydrogen) atoms. The van der Waals surface area contributed by atoms with Crippen molar-refractivity contribution in [3.63, 3.8) is 0 Å². The van der Waals surface area contributed by atoms with E-state index < -0.39 is 0 Å². The Morgan fingerprint density at radius 1 is 1.03 bits per heavy atom. The molecule has 3 amide bonds. The van der Waals surface area contributed by atoms with E-state index in [-0.39, 0.29) is 36.9 Å². The minimum absolute atomic E-state index is 0.0122. The van der Waals surface area contributed by atoms with Gasteiger partial charge in [0.25, 0.3) is 11.8 Å². The predicted octanol–water partition coefficient (Wildman–Crippen LogP) is 2.22. The average Bonchev–Trinajstić information content (AvgIpc) is 2.77. The number of carbonyl (C=O) groups is 3. The monoisotopic (exact) mass is 423 g/mol. The maximum absolute atomic E-state index is 12.4. The van der Waals surface area contributed by atoms with Crippen molar-refractivity contribution in [2.24, 2.45) is 0 Å². The molecule has 2 aromatic rings. The Bertz CT molecular complexity index is 922. The Labute approximate surface area is 182 Å². The van der Waals surface area contributed by atoms with Gasteiger partial charge in [-0.25, -0.2) is 0 Å². The lowest BCUT2D eigenvalue weighted by atomic mass is 10.0. The van der Waals surface area contributed by atoms with Gasteiger partial charge in [-0.2, -0.15) is 0 Å². The van der Waals surface area contributed by atoms with Gasteiger partial charge < -0.3 is 20.3 Å². The second kappa shape index (κ2) is 10.6. The Kier molecular flexibility index (Phi) is 7.65. The molecule has 2 N–H and O–H groups in total. The third-order valence-electron chi connectivity index (χ3n) is 5.34. The van der Waals surface area contributed by atoms with E-state index in [0.717, 1.165) is 11.1 Å². The maximum atomic E-state index is 12.4. The van der Waals surface area contributed by atoms with Crippen molar-refractivity contribution in [2.75, 3.05) is 26.2 Å².